The molecule has 9 atom stereocenters. The van der Waals surface area contributed by atoms with Gasteiger partial charge >= 0.3 is 11.9 Å². The third-order valence-corrected chi connectivity index (χ3v) is 7.52. The minimum absolute atomic E-state index is 0.0613. The number of carbonyl (C=O) groups is 3. The zero-order valence-corrected chi connectivity index (χ0v) is 24.0. The Morgan fingerprint density at radius 1 is 1.21 bits per heavy atom. The second-order valence-corrected chi connectivity index (χ2v) is 10.9. The molecule has 0 unspecified atom stereocenters. The second-order valence-electron chi connectivity index (χ2n) is 10.6. The van der Waals surface area contributed by atoms with E-state index in [2.05, 4.69) is 12.2 Å². The number of aliphatic hydroxyl groups is 2. The number of esters is 1. The molecule has 4 N–H and O–H groups in total. The number of carboxylic acids is 1. The number of nitrogens with one attached hydrogen (secondary N) is 1. The van der Waals surface area contributed by atoms with E-state index in [4.69, 9.17) is 30.9 Å². The van der Waals surface area contributed by atoms with Crippen molar-refractivity contribution in [1.29, 1.82) is 0 Å². The summed E-state index contributed by atoms with van der Waals surface area (Å²) in [7, 11) is 0. The van der Waals surface area contributed by atoms with Gasteiger partial charge in [-0.3, -0.25) is 14.4 Å². The van der Waals surface area contributed by atoms with Crippen LogP contribution in [0.4, 0.5) is 0 Å². The van der Waals surface area contributed by atoms with E-state index in [1.54, 1.807) is 19.1 Å². The van der Waals surface area contributed by atoms with Crippen molar-refractivity contribution in [3.05, 3.63) is 36.0 Å². The van der Waals surface area contributed by atoms with Gasteiger partial charge in [0.2, 0.25) is 5.91 Å². The molecule has 2 fully saturated rings. The predicted octanol–water partition coefficient (Wildman–Crippen LogP) is 2.65. The molecular weight excluding hydrogens is 530 g/mol. The Hall–Kier alpha value is -2.24. The van der Waals surface area contributed by atoms with Crippen LogP contribution in [0.25, 0.3) is 0 Å². The predicted molar refractivity (Wildman–Crippen MR) is 145 cm³/mol. The number of allylic oxidation sites excluding steroid dienone is 2. The van der Waals surface area contributed by atoms with Gasteiger partial charge in [-0.1, -0.05) is 30.7 Å². The van der Waals surface area contributed by atoms with Crippen LogP contribution in [0.3, 0.4) is 0 Å². The molecule has 1 amide bonds. The van der Waals surface area contributed by atoms with Gasteiger partial charge in [0, 0.05) is 19.4 Å². The van der Waals surface area contributed by atoms with Crippen molar-refractivity contribution in [3.8, 4) is 0 Å². The Morgan fingerprint density at radius 2 is 1.90 bits per heavy atom. The van der Waals surface area contributed by atoms with Crippen LogP contribution in [0.2, 0.25) is 0 Å². The average molecular weight is 572 g/mol. The summed E-state index contributed by atoms with van der Waals surface area (Å²) in [6.45, 7) is 8.85. The summed E-state index contributed by atoms with van der Waals surface area (Å²) in [5.74, 6) is -1.82. The maximum absolute atomic E-state index is 12.3. The normalized spacial score (nSPS) is 34.7. The lowest BCUT2D eigenvalue weighted by molar-refractivity contribution is -0.197. The second kappa shape index (κ2) is 14.9. The van der Waals surface area contributed by atoms with Crippen LogP contribution in [-0.2, 0) is 28.6 Å². The first kappa shape index (κ1) is 33.0. The van der Waals surface area contributed by atoms with Crippen LogP contribution in [0, 0.1) is 5.92 Å². The Labute approximate surface area is 235 Å². The van der Waals surface area contributed by atoms with Crippen LogP contribution in [0.5, 0.6) is 0 Å². The SMILES string of the molecule is CC(=O)O[C@@H](C)/C=C\C(=O)N[C@@H]1C[C@H](C)[C@H](C/C=C(\C)C=C[C@H]2O[C@H](CC(=O)O)C[C@@](O)(CCl)[C@@H]2O)O[C@@H]1C. The topological polar surface area (TPSA) is 152 Å². The monoisotopic (exact) mass is 571 g/mol. The van der Waals surface area contributed by atoms with Crippen molar-refractivity contribution in [2.45, 2.75) is 109 Å². The number of hydrogen-bond acceptors (Lipinski definition) is 8. The first-order chi connectivity index (χ1) is 18.2. The number of hydrogen-bond donors (Lipinski definition) is 4. The van der Waals surface area contributed by atoms with Gasteiger partial charge in [0.1, 0.15) is 23.9 Å². The van der Waals surface area contributed by atoms with E-state index in [0.717, 1.165) is 12.0 Å². The molecule has 0 radical (unpaired) electrons. The van der Waals surface area contributed by atoms with Gasteiger partial charge in [-0.15, -0.1) is 11.6 Å². The van der Waals surface area contributed by atoms with E-state index in [1.165, 1.54) is 19.1 Å². The molecule has 0 aliphatic carbocycles. The van der Waals surface area contributed by atoms with E-state index in [0.29, 0.717) is 6.42 Å². The van der Waals surface area contributed by atoms with E-state index in [1.807, 2.05) is 19.9 Å². The number of alkyl halides is 1. The molecule has 2 aliphatic rings. The fraction of sp³-hybridized carbons (Fsp3) is 0.679. The fourth-order valence-corrected chi connectivity index (χ4v) is 5.12. The number of halogens is 1. The Balaban J connectivity index is 1.93. The molecule has 220 valence electrons. The maximum Gasteiger partial charge on any atom is 0.305 e. The summed E-state index contributed by atoms with van der Waals surface area (Å²) >= 11 is 5.88. The summed E-state index contributed by atoms with van der Waals surface area (Å²) in [5.41, 5.74) is -0.761. The number of ether oxygens (including phenoxy) is 3. The van der Waals surface area contributed by atoms with Crippen LogP contribution < -0.4 is 5.32 Å². The van der Waals surface area contributed by atoms with Crippen LogP contribution in [0.1, 0.15) is 60.3 Å². The molecule has 0 bridgehead atoms. The van der Waals surface area contributed by atoms with Gasteiger partial charge in [0.05, 0.1) is 36.7 Å². The van der Waals surface area contributed by atoms with Gasteiger partial charge in [-0.05, 0) is 45.6 Å². The summed E-state index contributed by atoms with van der Waals surface area (Å²) in [6, 6.07) is -0.160. The maximum atomic E-state index is 12.3. The molecule has 2 aliphatic heterocycles. The Bertz CT molecular complexity index is 951. The van der Waals surface area contributed by atoms with Gasteiger partial charge in [0.15, 0.2) is 0 Å². The highest BCUT2D eigenvalue weighted by Crippen LogP contribution is 2.33. The summed E-state index contributed by atoms with van der Waals surface area (Å²) < 4.78 is 16.9. The van der Waals surface area contributed by atoms with Crippen molar-refractivity contribution in [2.75, 3.05) is 5.88 Å². The average Bonchev–Trinajstić information content (AvgIpc) is 2.84. The van der Waals surface area contributed by atoms with E-state index in [-0.39, 0.29) is 48.8 Å². The molecular formula is C28H42ClNO9. The molecule has 0 aromatic heterocycles. The fourth-order valence-electron chi connectivity index (χ4n) is 4.85. The summed E-state index contributed by atoms with van der Waals surface area (Å²) in [5, 5.41) is 33.3. The first-order valence-electron chi connectivity index (χ1n) is 13.2. The quantitative estimate of drug-likeness (QED) is 0.127. The number of aliphatic carboxylic acids is 1. The van der Waals surface area contributed by atoms with E-state index in [9.17, 15) is 24.6 Å². The molecule has 2 rings (SSSR count). The van der Waals surface area contributed by atoms with Crippen molar-refractivity contribution >= 4 is 29.4 Å². The molecule has 10 nitrogen and oxygen atoms in total. The molecule has 0 saturated carbocycles. The molecule has 0 aromatic rings. The van der Waals surface area contributed by atoms with E-state index < -0.39 is 42.0 Å². The highest BCUT2D eigenvalue weighted by molar-refractivity contribution is 6.18. The molecule has 0 aromatic carbocycles. The molecule has 39 heavy (non-hydrogen) atoms. The highest BCUT2D eigenvalue weighted by Gasteiger charge is 2.47. The smallest absolute Gasteiger partial charge is 0.305 e. The Kier molecular flexibility index (Phi) is 12.6. The van der Waals surface area contributed by atoms with Gasteiger partial charge in [0.25, 0.3) is 0 Å². The standard InChI is InChI=1S/C28H42ClNO9/c1-16(7-10-24-27(35)28(36,15-29)14-21(39-24)13-26(33)34)6-9-23-17(2)12-22(19(4)38-23)30-25(32)11-8-18(3)37-20(5)31/h6-8,10-11,17-19,21-24,27,35-36H,9,12-15H2,1-5H3,(H,30,32)(H,33,34)/b10-7?,11-8-,16-6+/t17-,18-,19+,21+,22+,23-,24+,27+,28+/m0/s1. The summed E-state index contributed by atoms with van der Waals surface area (Å²) in [6.07, 6.45) is 5.52. The van der Waals surface area contributed by atoms with E-state index >= 15 is 0 Å². The number of aliphatic hydroxyl groups excluding tert-OH is 1. The van der Waals surface area contributed by atoms with Gasteiger partial charge < -0.3 is 34.8 Å². The molecule has 0 spiro atoms. The van der Waals surface area contributed by atoms with Crippen molar-refractivity contribution < 1.29 is 43.9 Å². The van der Waals surface area contributed by atoms with Crippen LogP contribution >= 0.6 is 11.6 Å². The zero-order chi connectivity index (χ0) is 29.3. The lowest BCUT2D eigenvalue weighted by atomic mass is 9.84. The van der Waals surface area contributed by atoms with Crippen molar-refractivity contribution in [3.63, 3.8) is 0 Å². The highest BCUT2D eigenvalue weighted by atomic mass is 35.5. The summed E-state index contributed by atoms with van der Waals surface area (Å²) in [4.78, 5) is 34.4. The zero-order valence-electron chi connectivity index (χ0n) is 23.2. The number of carbonyl (C=O) groups excluding carboxylic acids is 2. The minimum atomic E-state index is -1.64. The largest absolute Gasteiger partial charge is 0.481 e. The van der Waals surface area contributed by atoms with Crippen LogP contribution in [-0.4, -0.2) is 87.3 Å². The molecule has 2 heterocycles. The van der Waals surface area contributed by atoms with Crippen LogP contribution in [0.15, 0.2) is 36.0 Å². The minimum Gasteiger partial charge on any atom is -0.481 e. The first-order valence-corrected chi connectivity index (χ1v) is 13.8. The number of amides is 1. The number of carboxylic acid groups (broad SMARTS) is 1. The third kappa shape index (κ3) is 10.3. The molecule has 11 heteroatoms. The Morgan fingerprint density at radius 3 is 2.51 bits per heavy atom. The van der Waals surface area contributed by atoms with Crippen molar-refractivity contribution in [2.24, 2.45) is 5.92 Å². The van der Waals surface area contributed by atoms with Gasteiger partial charge in [-0.25, -0.2) is 0 Å². The van der Waals surface area contributed by atoms with Gasteiger partial charge in [-0.2, -0.15) is 0 Å². The lowest BCUT2D eigenvalue weighted by Crippen LogP contribution is -2.58. The number of rotatable bonds is 11. The van der Waals surface area contributed by atoms with Crippen molar-refractivity contribution in [1.82, 2.24) is 5.32 Å². The lowest BCUT2D eigenvalue weighted by Gasteiger charge is -2.43. The molecule has 2 saturated heterocycles. The third-order valence-electron chi connectivity index (χ3n) is 7.06.